The van der Waals surface area contributed by atoms with E-state index in [1.165, 1.54) is 29.6 Å². The molecule has 0 saturated heterocycles. The smallest absolute Gasteiger partial charge is 0.134 e. The van der Waals surface area contributed by atoms with Crippen LogP contribution in [-0.4, -0.2) is 30.2 Å². The van der Waals surface area contributed by atoms with E-state index in [1.807, 2.05) is 0 Å². The first kappa shape index (κ1) is 14.9. The second-order valence-electron chi connectivity index (χ2n) is 5.25. The van der Waals surface area contributed by atoms with Crippen LogP contribution in [0.15, 0.2) is 24.5 Å². The third-order valence-electron chi connectivity index (χ3n) is 3.78. The van der Waals surface area contributed by atoms with Crippen molar-refractivity contribution in [1.29, 1.82) is 0 Å². The lowest BCUT2D eigenvalue weighted by molar-refractivity contribution is 0.410. The highest BCUT2D eigenvalue weighted by Crippen LogP contribution is 2.30. The van der Waals surface area contributed by atoms with Crippen LogP contribution in [0.2, 0.25) is 5.15 Å². The second-order valence-corrected chi connectivity index (χ2v) is 5.64. The summed E-state index contributed by atoms with van der Waals surface area (Å²) in [5.74, 6) is 1.66. The highest BCUT2D eigenvalue weighted by molar-refractivity contribution is 6.29. The number of rotatable bonds is 5. The SMILES string of the molecule is COc1cc2c(cc1CCNc1cc(Cl)ncn1)CCCN2. The van der Waals surface area contributed by atoms with Gasteiger partial charge in [-0.25, -0.2) is 9.97 Å². The van der Waals surface area contributed by atoms with Crippen molar-refractivity contribution in [1.82, 2.24) is 9.97 Å². The molecule has 0 radical (unpaired) electrons. The van der Waals surface area contributed by atoms with Crippen molar-refractivity contribution in [2.24, 2.45) is 0 Å². The van der Waals surface area contributed by atoms with Crippen LogP contribution in [0.3, 0.4) is 0 Å². The first-order valence-corrected chi connectivity index (χ1v) is 7.79. The largest absolute Gasteiger partial charge is 0.496 e. The van der Waals surface area contributed by atoms with Gasteiger partial charge in [-0.1, -0.05) is 11.6 Å². The van der Waals surface area contributed by atoms with Gasteiger partial charge in [-0.3, -0.25) is 0 Å². The highest BCUT2D eigenvalue weighted by atomic mass is 35.5. The van der Waals surface area contributed by atoms with E-state index < -0.39 is 0 Å². The standard InChI is InChI=1S/C16H19ClN4O/c1-22-14-8-13-11(3-2-5-18-13)7-12(14)4-6-19-16-9-15(17)20-10-21-16/h7-10,18H,2-6H2,1H3,(H,19,20,21). The molecular weight excluding hydrogens is 300 g/mol. The van der Waals surface area contributed by atoms with Crippen molar-refractivity contribution in [2.45, 2.75) is 19.3 Å². The van der Waals surface area contributed by atoms with Gasteiger partial charge in [-0.15, -0.1) is 0 Å². The molecule has 116 valence electrons. The molecule has 0 amide bonds. The number of halogens is 1. The Hall–Kier alpha value is -2.01. The lowest BCUT2D eigenvalue weighted by atomic mass is 9.98. The van der Waals surface area contributed by atoms with Crippen LogP contribution in [0.4, 0.5) is 11.5 Å². The Kier molecular flexibility index (Phi) is 4.63. The van der Waals surface area contributed by atoms with Crippen LogP contribution in [0.25, 0.3) is 0 Å². The van der Waals surface area contributed by atoms with Crippen LogP contribution >= 0.6 is 11.6 Å². The molecule has 2 heterocycles. The molecule has 2 N–H and O–H groups in total. The summed E-state index contributed by atoms with van der Waals surface area (Å²) in [5.41, 5.74) is 3.77. The van der Waals surface area contributed by atoms with Gasteiger partial charge < -0.3 is 15.4 Å². The molecule has 0 bridgehead atoms. The number of benzene rings is 1. The van der Waals surface area contributed by atoms with Gasteiger partial charge in [0, 0.05) is 30.9 Å². The number of hydrogen-bond donors (Lipinski definition) is 2. The minimum absolute atomic E-state index is 0.440. The Balaban J connectivity index is 1.69. The maximum atomic E-state index is 5.85. The number of aromatic nitrogens is 2. The van der Waals surface area contributed by atoms with Gasteiger partial charge >= 0.3 is 0 Å². The molecule has 0 aliphatic carbocycles. The summed E-state index contributed by atoms with van der Waals surface area (Å²) in [5, 5.41) is 7.12. The van der Waals surface area contributed by atoms with E-state index in [0.717, 1.165) is 37.5 Å². The lowest BCUT2D eigenvalue weighted by Crippen LogP contribution is -2.13. The zero-order valence-electron chi connectivity index (χ0n) is 12.5. The topological polar surface area (TPSA) is 59.1 Å². The summed E-state index contributed by atoms with van der Waals surface area (Å²) < 4.78 is 5.52. The van der Waals surface area contributed by atoms with E-state index in [2.05, 4.69) is 32.7 Å². The van der Waals surface area contributed by atoms with Crippen molar-refractivity contribution < 1.29 is 4.74 Å². The van der Waals surface area contributed by atoms with Gasteiger partial charge in [0.2, 0.25) is 0 Å². The monoisotopic (exact) mass is 318 g/mol. The Labute approximate surface area is 135 Å². The molecule has 1 aromatic heterocycles. The second kappa shape index (κ2) is 6.83. The number of nitrogens with zero attached hydrogens (tertiary/aromatic N) is 2. The number of anilines is 2. The molecule has 1 aliphatic heterocycles. The number of methoxy groups -OCH3 is 1. The molecule has 5 nitrogen and oxygen atoms in total. The average Bonchev–Trinajstić information content (AvgIpc) is 2.54. The van der Waals surface area contributed by atoms with E-state index in [-0.39, 0.29) is 0 Å². The Morgan fingerprint density at radius 1 is 1.32 bits per heavy atom. The molecule has 22 heavy (non-hydrogen) atoms. The molecule has 1 aliphatic rings. The van der Waals surface area contributed by atoms with Gasteiger partial charge in [0.1, 0.15) is 23.0 Å². The first-order chi connectivity index (χ1) is 10.8. The first-order valence-electron chi connectivity index (χ1n) is 7.41. The van der Waals surface area contributed by atoms with E-state index in [9.17, 15) is 0 Å². The molecule has 0 atom stereocenters. The summed E-state index contributed by atoms with van der Waals surface area (Å²) in [4.78, 5) is 8.00. The number of ether oxygens (including phenoxy) is 1. The molecule has 0 spiro atoms. The lowest BCUT2D eigenvalue weighted by Gasteiger charge is -2.21. The molecule has 0 saturated carbocycles. The van der Waals surface area contributed by atoms with Crippen LogP contribution in [0.1, 0.15) is 17.5 Å². The van der Waals surface area contributed by atoms with Crippen LogP contribution in [0.5, 0.6) is 5.75 Å². The predicted molar refractivity (Wildman–Crippen MR) is 89.0 cm³/mol. The molecule has 0 unspecified atom stereocenters. The molecule has 6 heteroatoms. The summed E-state index contributed by atoms with van der Waals surface area (Å²) in [6.07, 6.45) is 4.61. The van der Waals surface area contributed by atoms with Crippen LogP contribution < -0.4 is 15.4 Å². The Bertz CT molecular complexity index is 663. The van der Waals surface area contributed by atoms with E-state index in [1.54, 1.807) is 13.2 Å². The molecule has 1 aromatic carbocycles. The third-order valence-corrected chi connectivity index (χ3v) is 3.99. The summed E-state index contributed by atoms with van der Waals surface area (Å²) in [6.45, 7) is 1.79. The van der Waals surface area contributed by atoms with E-state index in [0.29, 0.717) is 5.15 Å². The fraction of sp³-hybridized carbons (Fsp3) is 0.375. The molecule has 0 fully saturated rings. The Morgan fingerprint density at radius 3 is 3.05 bits per heavy atom. The molecular formula is C16H19ClN4O. The number of aryl methyl sites for hydroxylation is 1. The van der Waals surface area contributed by atoms with Gasteiger partial charge in [0.05, 0.1) is 7.11 Å². The minimum Gasteiger partial charge on any atom is -0.496 e. The highest BCUT2D eigenvalue weighted by Gasteiger charge is 2.13. The van der Waals surface area contributed by atoms with Crippen LogP contribution in [0, 0.1) is 0 Å². The quantitative estimate of drug-likeness (QED) is 0.829. The minimum atomic E-state index is 0.440. The third kappa shape index (κ3) is 3.42. The number of nitrogens with one attached hydrogen (secondary N) is 2. The van der Waals surface area contributed by atoms with E-state index in [4.69, 9.17) is 16.3 Å². The number of hydrogen-bond acceptors (Lipinski definition) is 5. The zero-order valence-corrected chi connectivity index (χ0v) is 13.3. The number of fused-ring (bicyclic) bond motifs is 1. The Morgan fingerprint density at radius 2 is 2.23 bits per heavy atom. The fourth-order valence-electron chi connectivity index (χ4n) is 2.69. The summed E-state index contributed by atoms with van der Waals surface area (Å²) in [6, 6.07) is 6.07. The van der Waals surface area contributed by atoms with Crippen molar-refractivity contribution in [3.63, 3.8) is 0 Å². The van der Waals surface area contributed by atoms with E-state index >= 15 is 0 Å². The van der Waals surface area contributed by atoms with Gasteiger partial charge in [0.25, 0.3) is 0 Å². The van der Waals surface area contributed by atoms with Crippen LogP contribution in [-0.2, 0) is 12.8 Å². The zero-order chi connectivity index (χ0) is 15.4. The maximum absolute atomic E-state index is 5.85. The molecule has 2 aromatic rings. The fourth-order valence-corrected chi connectivity index (χ4v) is 2.84. The summed E-state index contributed by atoms with van der Waals surface area (Å²) >= 11 is 5.85. The van der Waals surface area contributed by atoms with Gasteiger partial charge in [-0.05, 0) is 36.5 Å². The molecule has 3 rings (SSSR count). The maximum Gasteiger partial charge on any atom is 0.134 e. The normalized spacial score (nSPS) is 13.2. The van der Waals surface area contributed by atoms with Crippen molar-refractivity contribution in [3.05, 3.63) is 40.8 Å². The van der Waals surface area contributed by atoms with Crippen molar-refractivity contribution in [2.75, 3.05) is 30.8 Å². The average molecular weight is 319 g/mol. The predicted octanol–water partition coefficient (Wildman–Crippen LogP) is 3.15. The van der Waals surface area contributed by atoms with Crippen molar-refractivity contribution >= 4 is 23.1 Å². The van der Waals surface area contributed by atoms with Gasteiger partial charge in [0.15, 0.2) is 0 Å². The van der Waals surface area contributed by atoms with Crippen molar-refractivity contribution in [3.8, 4) is 5.75 Å². The van der Waals surface area contributed by atoms with Gasteiger partial charge in [-0.2, -0.15) is 0 Å². The summed E-state index contributed by atoms with van der Waals surface area (Å²) in [7, 11) is 1.71.